The zero-order chi connectivity index (χ0) is 11.5. The van der Waals surface area contributed by atoms with Crippen LogP contribution < -0.4 is 0 Å². The van der Waals surface area contributed by atoms with Crippen molar-refractivity contribution in [2.75, 3.05) is 21.3 Å². The SMILES string of the molecule is COC1CCCC(OC)C1(OC)C(C)C. The molecule has 0 bridgehead atoms. The van der Waals surface area contributed by atoms with E-state index in [0.29, 0.717) is 5.92 Å². The highest BCUT2D eigenvalue weighted by molar-refractivity contribution is 5.01. The summed E-state index contributed by atoms with van der Waals surface area (Å²) in [5, 5.41) is 0. The van der Waals surface area contributed by atoms with Gasteiger partial charge in [-0.05, 0) is 25.2 Å². The van der Waals surface area contributed by atoms with Crippen molar-refractivity contribution in [2.24, 2.45) is 5.92 Å². The van der Waals surface area contributed by atoms with E-state index in [1.165, 1.54) is 0 Å². The first kappa shape index (κ1) is 12.9. The molecule has 2 atom stereocenters. The van der Waals surface area contributed by atoms with E-state index in [-0.39, 0.29) is 17.8 Å². The highest BCUT2D eigenvalue weighted by atomic mass is 16.6. The van der Waals surface area contributed by atoms with Gasteiger partial charge in [-0.25, -0.2) is 0 Å². The Hall–Kier alpha value is -0.120. The van der Waals surface area contributed by atoms with Crippen LogP contribution in [0.2, 0.25) is 0 Å². The van der Waals surface area contributed by atoms with E-state index in [1.807, 2.05) is 0 Å². The fourth-order valence-electron chi connectivity index (χ4n) is 2.99. The maximum atomic E-state index is 5.80. The smallest absolute Gasteiger partial charge is 0.122 e. The molecule has 1 fully saturated rings. The molecular formula is C12H24O3. The van der Waals surface area contributed by atoms with Gasteiger partial charge in [0.05, 0.1) is 12.2 Å². The summed E-state index contributed by atoms with van der Waals surface area (Å²) in [5.74, 6) is 0.387. The van der Waals surface area contributed by atoms with Crippen LogP contribution in [0.5, 0.6) is 0 Å². The molecule has 0 aromatic rings. The zero-order valence-electron chi connectivity index (χ0n) is 10.6. The van der Waals surface area contributed by atoms with Crippen LogP contribution in [-0.2, 0) is 14.2 Å². The molecule has 1 aliphatic carbocycles. The van der Waals surface area contributed by atoms with Gasteiger partial charge < -0.3 is 14.2 Å². The van der Waals surface area contributed by atoms with Gasteiger partial charge in [-0.3, -0.25) is 0 Å². The van der Waals surface area contributed by atoms with E-state index in [9.17, 15) is 0 Å². The van der Waals surface area contributed by atoms with Gasteiger partial charge >= 0.3 is 0 Å². The largest absolute Gasteiger partial charge is 0.378 e. The van der Waals surface area contributed by atoms with Gasteiger partial charge in [0.2, 0.25) is 0 Å². The van der Waals surface area contributed by atoms with Crippen molar-refractivity contribution in [2.45, 2.75) is 50.9 Å². The number of hydrogen-bond donors (Lipinski definition) is 0. The van der Waals surface area contributed by atoms with Crippen LogP contribution in [0.4, 0.5) is 0 Å². The van der Waals surface area contributed by atoms with Crippen molar-refractivity contribution < 1.29 is 14.2 Å². The summed E-state index contributed by atoms with van der Waals surface area (Å²) in [7, 11) is 5.29. The predicted octanol–water partition coefficient (Wildman–Crippen LogP) is 2.24. The molecule has 1 rings (SSSR count). The molecule has 0 aliphatic heterocycles. The third-order valence-corrected chi connectivity index (χ3v) is 3.76. The second-order valence-electron chi connectivity index (χ2n) is 4.59. The Morgan fingerprint density at radius 3 is 1.73 bits per heavy atom. The average molecular weight is 216 g/mol. The van der Waals surface area contributed by atoms with Gasteiger partial charge in [0, 0.05) is 21.3 Å². The monoisotopic (exact) mass is 216 g/mol. The van der Waals surface area contributed by atoms with Crippen molar-refractivity contribution in [1.82, 2.24) is 0 Å². The number of hydrogen-bond acceptors (Lipinski definition) is 3. The average Bonchev–Trinajstić information content (AvgIpc) is 2.26. The molecular weight excluding hydrogens is 192 g/mol. The van der Waals surface area contributed by atoms with Crippen molar-refractivity contribution in [3.63, 3.8) is 0 Å². The molecule has 0 radical (unpaired) electrons. The van der Waals surface area contributed by atoms with Crippen LogP contribution in [0.25, 0.3) is 0 Å². The van der Waals surface area contributed by atoms with Gasteiger partial charge in [0.25, 0.3) is 0 Å². The molecule has 2 unspecified atom stereocenters. The summed E-state index contributed by atoms with van der Waals surface area (Å²) in [5.41, 5.74) is -0.290. The minimum Gasteiger partial charge on any atom is -0.378 e. The van der Waals surface area contributed by atoms with E-state index >= 15 is 0 Å². The molecule has 0 aromatic carbocycles. The lowest BCUT2D eigenvalue weighted by molar-refractivity contribution is -0.222. The minimum atomic E-state index is -0.290. The van der Waals surface area contributed by atoms with E-state index in [4.69, 9.17) is 14.2 Å². The first-order valence-corrected chi connectivity index (χ1v) is 5.74. The Balaban J connectivity index is 2.98. The lowest BCUT2D eigenvalue weighted by Gasteiger charge is -2.49. The molecule has 90 valence electrons. The van der Waals surface area contributed by atoms with Gasteiger partial charge in [0.1, 0.15) is 5.60 Å². The predicted molar refractivity (Wildman–Crippen MR) is 60.0 cm³/mol. The van der Waals surface area contributed by atoms with Gasteiger partial charge in [-0.2, -0.15) is 0 Å². The van der Waals surface area contributed by atoms with Gasteiger partial charge in [-0.1, -0.05) is 13.8 Å². The third kappa shape index (κ3) is 2.05. The molecule has 3 heteroatoms. The van der Waals surface area contributed by atoms with Gasteiger partial charge in [0.15, 0.2) is 0 Å². The highest BCUT2D eigenvalue weighted by Crippen LogP contribution is 2.40. The zero-order valence-corrected chi connectivity index (χ0v) is 10.6. The second kappa shape index (κ2) is 5.28. The Morgan fingerprint density at radius 2 is 1.47 bits per heavy atom. The quantitative estimate of drug-likeness (QED) is 0.721. The van der Waals surface area contributed by atoms with Crippen LogP contribution in [0, 0.1) is 5.92 Å². The molecule has 1 saturated carbocycles. The lowest BCUT2D eigenvalue weighted by atomic mass is 9.72. The maximum absolute atomic E-state index is 5.80. The second-order valence-corrected chi connectivity index (χ2v) is 4.59. The molecule has 0 aromatic heterocycles. The summed E-state index contributed by atoms with van der Waals surface area (Å²) in [6, 6.07) is 0. The van der Waals surface area contributed by atoms with Crippen molar-refractivity contribution in [3.8, 4) is 0 Å². The molecule has 0 N–H and O–H groups in total. The Labute approximate surface area is 93.1 Å². The fraction of sp³-hybridized carbons (Fsp3) is 1.00. The van der Waals surface area contributed by atoms with E-state index in [2.05, 4.69) is 13.8 Å². The Morgan fingerprint density at radius 1 is 1.00 bits per heavy atom. The van der Waals surface area contributed by atoms with E-state index in [0.717, 1.165) is 19.3 Å². The summed E-state index contributed by atoms with van der Waals surface area (Å²) in [6.45, 7) is 4.35. The lowest BCUT2D eigenvalue weighted by Crippen LogP contribution is -2.60. The summed E-state index contributed by atoms with van der Waals surface area (Å²) in [4.78, 5) is 0. The summed E-state index contributed by atoms with van der Waals surface area (Å²) < 4.78 is 17.0. The van der Waals surface area contributed by atoms with Crippen molar-refractivity contribution >= 4 is 0 Å². The number of ether oxygens (including phenoxy) is 3. The van der Waals surface area contributed by atoms with Crippen LogP contribution in [0.3, 0.4) is 0 Å². The molecule has 0 spiro atoms. The molecule has 0 heterocycles. The molecule has 1 aliphatic rings. The van der Waals surface area contributed by atoms with E-state index < -0.39 is 0 Å². The molecule has 0 saturated heterocycles. The third-order valence-electron chi connectivity index (χ3n) is 3.76. The van der Waals surface area contributed by atoms with Gasteiger partial charge in [-0.15, -0.1) is 0 Å². The topological polar surface area (TPSA) is 27.7 Å². The number of rotatable bonds is 4. The molecule has 0 amide bonds. The maximum Gasteiger partial charge on any atom is 0.122 e. The summed E-state index contributed by atoms with van der Waals surface area (Å²) >= 11 is 0. The molecule has 15 heavy (non-hydrogen) atoms. The van der Waals surface area contributed by atoms with E-state index in [1.54, 1.807) is 21.3 Å². The van der Waals surface area contributed by atoms with Crippen LogP contribution in [0.1, 0.15) is 33.1 Å². The normalized spacial score (nSPS) is 37.2. The van der Waals surface area contributed by atoms with Crippen LogP contribution in [-0.4, -0.2) is 39.1 Å². The first-order valence-electron chi connectivity index (χ1n) is 5.74. The standard InChI is InChI=1S/C12H24O3/c1-9(2)12(15-5)10(13-3)7-6-8-11(12)14-4/h9-11H,6-8H2,1-5H3. The summed E-state index contributed by atoms with van der Waals surface area (Å²) in [6.07, 6.45) is 3.54. The fourth-order valence-corrected chi connectivity index (χ4v) is 2.99. The van der Waals surface area contributed by atoms with Crippen LogP contribution >= 0.6 is 0 Å². The van der Waals surface area contributed by atoms with Crippen molar-refractivity contribution in [1.29, 1.82) is 0 Å². The number of methoxy groups -OCH3 is 3. The Kier molecular flexibility index (Phi) is 4.56. The highest BCUT2D eigenvalue weighted by Gasteiger charge is 2.51. The van der Waals surface area contributed by atoms with Crippen LogP contribution in [0.15, 0.2) is 0 Å². The van der Waals surface area contributed by atoms with Crippen molar-refractivity contribution in [3.05, 3.63) is 0 Å². The first-order chi connectivity index (χ1) is 7.13. The molecule has 3 nitrogen and oxygen atoms in total. The Bertz CT molecular complexity index is 179. The minimum absolute atomic E-state index is 0.140.